The van der Waals surface area contributed by atoms with Crippen LogP contribution in [0.1, 0.15) is 11.3 Å². The first-order chi connectivity index (χ1) is 9.83. The van der Waals surface area contributed by atoms with Crippen molar-refractivity contribution < 1.29 is 12.8 Å². The lowest BCUT2D eigenvalue weighted by Gasteiger charge is -2.11. The van der Waals surface area contributed by atoms with Crippen molar-refractivity contribution in [1.82, 2.24) is 4.98 Å². The van der Waals surface area contributed by atoms with Gasteiger partial charge in [0.15, 0.2) is 0 Å². The van der Waals surface area contributed by atoms with Gasteiger partial charge in [0.05, 0.1) is 10.2 Å². The molecule has 0 spiro atoms. The molecule has 0 radical (unpaired) electrons. The summed E-state index contributed by atoms with van der Waals surface area (Å²) in [6.07, 6.45) is 1.09. The van der Waals surface area contributed by atoms with E-state index in [9.17, 15) is 12.8 Å². The van der Waals surface area contributed by atoms with Crippen molar-refractivity contribution in [3.8, 4) is 6.07 Å². The summed E-state index contributed by atoms with van der Waals surface area (Å²) < 4.78 is 40.3. The van der Waals surface area contributed by atoms with Crippen LogP contribution in [0.25, 0.3) is 0 Å². The van der Waals surface area contributed by atoms with Crippen LogP contribution in [0.5, 0.6) is 0 Å². The van der Waals surface area contributed by atoms with E-state index in [4.69, 9.17) is 5.26 Å². The van der Waals surface area contributed by atoms with Gasteiger partial charge < -0.3 is 0 Å². The zero-order chi connectivity index (χ0) is 15.6. The molecule has 108 valence electrons. The van der Waals surface area contributed by atoms with Crippen molar-refractivity contribution in [3.63, 3.8) is 0 Å². The molecular weight excluding hydrogens is 361 g/mol. The summed E-state index contributed by atoms with van der Waals surface area (Å²) in [5.74, 6) is -0.476. The Hall–Kier alpha value is -1.98. The monoisotopic (exact) mass is 369 g/mol. The van der Waals surface area contributed by atoms with Crippen LogP contribution in [0.2, 0.25) is 0 Å². The average molecular weight is 370 g/mol. The summed E-state index contributed by atoms with van der Waals surface area (Å²) in [4.78, 5) is 3.63. The molecular formula is C13H9BrFN3O2S. The summed E-state index contributed by atoms with van der Waals surface area (Å²) in [5, 5.41) is 8.64. The Kier molecular flexibility index (Phi) is 4.25. The predicted octanol–water partition coefficient (Wildman–Crippen LogP) is 2.96. The van der Waals surface area contributed by atoms with Crippen LogP contribution in [0.4, 0.5) is 10.1 Å². The Bertz CT molecular complexity index is 830. The van der Waals surface area contributed by atoms with E-state index in [2.05, 4.69) is 25.6 Å². The molecule has 0 bridgehead atoms. The highest BCUT2D eigenvalue weighted by Gasteiger charge is 2.17. The third kappa shape index (κ3) is 3.37. The van der Waals surface area contributed by atoms with Gasteiger partial charge in [0.25, 0.3) is 10.0 Å². The van der Waals surface area contributed by atoms with Crippen molar-refractivity contribution in [2.75, 3.05) is 4.72 Å². The third-order valence-electron chi connectivity index (χ3n) is 2.67. The van der Waals surface area contributed by atoms with Gasteiger partial charge in [-0.1, -0.05) is 0 Å². The van der Waals surface area contributed by atoms with E-state index in [1.165, 1.54) is 24.3 Å². The maximum absolute atomic E-state index is 13.3. The SMILES string of the molecule is Cc1cc(F)c(Br)cc1NS(=O)(=O)c1ccc(C#N)nc1. The summed E-state index contributed by atoms with van der Waals surface area (Å²) in [6, 6.07) is 6.96. The van der Waals surface area contributed by atoms with E-state index in [-0.39, 0.29) is 20.7 Å². The first kappa shape index (κ1) is 15.4. The summed E-state index contributed by atoms with van der Waals surface area (Å²) in [7, 11) is -3.86. The molecule has 2 rings (SSSR count). The molecule has 5 nitrogen and oxygen atoms in total. The Balaban J connectivity index is 2.37. The minimum atomic E-state index is -3.86. The van der Waals surface area contributed by atoms with Crippen LogP contribution in [0.3, 0.4) is 0 Å². The number of hydrogen-bond acceptors (Lipinski definition) is 4. The van der Waals surface area contributed by atoms with E-state index in [0.717, 1.165) is 6.20 Å². The lowest BCUT2D eigenvalue weighted by Crippen LogP contribution is -2.14. The van der Waals surface area contributed by atoms with Crippen LogP contribution >= 0.6 is 15.9 Å². The normalized spacial score (nSPS) is 11.0. The van der Waals surface area contributed by atoms with E-state index in [0.29, 0.717) is 5.56 Å². The van der Waals surface area contributed by atoms with Crippen molar-refractivity contribution in [2.24, 2.45) is 0 Å². The Labute approximate surface area is 129 Å². The lowest BCUT2D eigenvalue weighted by atomic mass is 10.2. The quantitative estimate of drug-likeness (QED) is 0.901. The number of hydrogen-bond donors (Lipinski definition) is 1. The summed E-state index contributed by atoms with van der Waals surface area (Å²) in [5.41, 5.74) is 0.822. The number of nitriles is 1. The average Bonchev–Trinajstić information content (AvgIpc) is 2.44. The van der Waals surface area contributed by atoms with Gasteiger partial charge in [0.1, 0.15) is 22.5 Å². The summed E-state index contributed by atoms with van der Waals surface area (Å²) >= 11 is 3.00. The first-order valence-electron chi connectivity index (χ1n) is 5.68. The van der Waals surface area contributed by atoms with Crippen molar-refractivity contribution in [2.45, 2.75) is 11.8 Å². The number of rotatable bonds is 3. The number of aryl methyl sites for hydroxylation is 1. The molecule has 0 aliphatic rings. The standard InChI is InChI=1S/C13H9BrFN3O2S/c1-8-4-12(15)11(14)5-13(8)18-21(19,20)10-3-2-9(6-16)17-7-10/h2-5,7,18H,1H3. The molecule has 2 aromatic rings. The van der Waals surface area contributed by atoms with Gasteiger partial charge in [-0.15, -0.1) is 0 Å². The molecule has 0 aliphatic heterocycles. The van der Waals surface area contributed by atoms with Gasteiger partial charge in [-0.25, -0.2) is 17.8 Å². The molecule has 0 saturated heterocycles. The van der Waals surface area contributed by atoms with Crippen LogP contribution in [0.15, 0.2) is 39.8 Å². The van der Waals surface area contributed by atoms with Gasteiger partial charge in [-0.05, 0) is 52.7 Å². The molecule has 0 atom stereocenters. The molecule has 8 heteroatoms. The van der Waals surface area contributed by atoms with Gasteiger partial charge in [0, 0.05) is 6.20 Å². The molecule has 21 heavy (non-hydrogen) atoms. The molecule has 0 fully saturated rings. The fraction of sp³-hybridized carbons (Fsp3) is 0.0769. The zero-order valence-corrected chi connectivity index (χ0v) is 13.2. The molecule has 1 heterocycles. The number of nitrogens with one attached hydrogen (secondary N) is 1. The predicted molar refractivity (Wildman–Crippen MR) is 78.6 cm³/mol. The zero-order valence-electron chi connectivity index (χ0n) is 10.8. The second kappa shape index (κ2) is 5.79. The van der Waals surface area contributed by atoms with Crippen molar-refractivity contribution >= 4 is 31.6 Å². The Morgan fingerprint density at radius 2 is 2.10 bits per heavy atom. The topological polar surface area (TPSA) is 82.9 Å². The number of pyridine rings is 1. The fourth-order valence-electron chi connectivity index (χ4n) is 1.57. The minimum Gasteiger partial charge on any atom is -0.279 e. The second-order valence-corrected chi connectivity index (χ2v) is 6.71. The number of benzene rings is 1. The smallest absolute Gasteiger partial charge is 0.263 e. The van der Waals surface area contributed by atoms with E-state index >= 15 is 0 Å². The van der Waals surface area contributed by atoms with Crippen LogP contribution in [-0.2, 0) is 10.0 Å². The fourth-order valence-corrected chi connectivity index (χ4v) is 2.97. The molecule has 0 aliphatic carbocycles. The molecule has 1 aromatic carbocycles. The number of nitrogens with zero attached hydrogens (tertiary/aromatic N) is 2. The molecule has 0 unspecified atom stereocenters. The first-order valence-corrected chi connectivity index (χ1v) is 7.96. The molecule has 1 N–H and O–H groups in total. The van der Waals surface area contributed by atoms with Crippen molar-refractivity contribution in [1.29, 1.82) is 5.26 Å². The third-order valence-corrected chi connectivity index (χ3v) is 4.63. The van der Waals surface area contributed by atoms with Crippen molar-refractivity contribution in [3.05, 3.63) is 52.0 Å². The molecule has 1 aromatic heterocycles. The Morgan fingerprint density at radius 3 is 2.67 bits per heavy atom. The minimum absolute atomic E-state index is 0.0821. The maximum Gasteiger partial charge on any atom is 0.263 e. The molecule has 0 saturated carbocycles. The number of aromatic nitrogens is 1. The van der Waals surface area contributed by atoms with E-state index in [1.807, 2.05) is 0 Å². The second-order valence-electron chi connectivity index (χ2n) is 4.18. The number of anilines is 1. The number of halogens is 2. The van der Waals surface area contributed by atoms with Crippen LogP contribution in [0, 0.1) is 24.1 Å². The lowest BCUT2D eigenvalue weighted by molar-refractivity contribution is 0.600. The largest absolute Gasteiger partial charge is 0.279 e. The molecule has 0 amide bonds. The van der Waals surface area contributed by atoms with Gasteiger partial charge in [-0.3, -0.25) is 4.72 Å². The van der Waals surface area contributed by atoms with E-state index < -0.39 is 15.8 Å². The summed E-state index contributed by atoms with van der Waals surface area (Å²) in [6.45, 7) is 1.59. The van der Waals surface area contributed by atoms with Crippen LogP contribution in [-0.4, -0.2) is 13.4 Å². The Morgan fingerprint density at radius 1 is 1.38 bits per heavy atom. The highest BCUT2D eigenvalue weighted by atomic mass is 79.9. The highest BCUT2D eigenvalue weighted by Crippen LogP contribution is 2.26. The maximum atomic E-state index is 13.3. The van der Waals surface area contributed by atoms with E-state index in [1.54, 1.807) is 13.0 Å². The van der Waals surface area contributed by atoms with Gasteiger partial charge >= 0.3 is 0 Å². The highest BCUT2D eigenvalue weighted by molar-refractivity contribution is 9.10. The number of sulfonamides is 1. The van der Waals surface area contributed by atoms with Crippen LogP contribution < -0.4 is 4.72 Å². The van der Waals surface area contributed by atoms with Gasteiger partial charge in [-0.2, -0.15) is 5.26 Å². The van der Waals surface area contributed by atoms with Gasteiger partial charge in [0.2, 0.25) is 0 Å².